The smallest absolute Gasteiger partial charge is 0.254 e. The number of rotatable bonds is 4. The quantitative estimate of drug-likeness (QED) is 0.586. The van der Waals surface area contributed by atoms with Crippen molar-refractivity contribution in [3.05, 3.63) is 52.6 Å². The van der Waals surface area contributed by atoms with Crippen LogP contribution in [0.5, 0.6) is 0 Å². The van der Waals surface area contributed by atoms with Crippen molar-refractivity contribution in [1.29, 1.82) is 0 Å². The molecule has 0 aliphatic heterocycles. The zero-order chi connectivity index (χ0) is 15.9. The number of unbranched alkanes of at least 4 members (excludes halogenated alkanes) is 1. The molecule has 0 fully saturated rings. The lowest BCUT2D eigenvalue weighted by Gasteiger charge is -2.12. The summed E-state index contributed by atoms with van der Waals surface area (Å²) in [6.45, 7) is 7.59. The molecule has 0 unspecified atom stereocenters. The Balaban J connectivity index is 0.00000192. The predicted octanol–water partition coefficient (Wildman–Crippen LogP) is -0.317. The van der Waals surface area contributed by atoms with Crippen LogP contribution in [0.25, 0.3) is 0 Å². The van der Waals surface area contributed by atoms with E-state index in [4.69, 9.17) is 0 Å². The molecule has 0 atom stereocenters. The van der Waals surface area contributed by atoms with Crippen LogP contribution in [-0.2, 0) is 13.1 Å². The third-order valence-corrected chi connectivity index (χ3v) is 4.44. The Hall–Kier alpha value is -1.75. The Bertz CT molecular complexity index is 778. The first-order valence-corrected chi connectivity index (χ1v) is 7.93. The normalized spacial score (nSPS) is 12.7. The summed E-state index contributed by atoms with van der Waals surface area (Å²) < 4.78 is 4.00. The van der Waals surface area contributed by atoms with Crippen molar-refractivity contribution in [2.75, 3.05) is 0 Å². The second-order valence-corrected chi connectivity index (χ2v) is 5.70. The van der Waals surface area contributed by atoms with Crippen LogP contribution < -0.4 is 21.5 Å². The average molecular weight is 377 g/mol. The molecular formula is C18H21BrN2O2. The fourth-order valence-corrected chi connectivity index (χ4v) is 3.30. The van der Waals surface area contributed by atoms with Crippen LogP contribution in [0.2, 0.25) is 0 Å². The second-order valence-electron chi connectivity index (χ2n) is 5.70. The highest BCUT2D eigenvalue weighted by atomic mass is 79.9. The number of aromatic nitrogens is 2. The molecule has 0 spiro atoms. The van der Waals surface area contributed by atoms with E-state index in [0.29, 0.717) is 29.1 Å². The third-order valence-electron chi connectivity index (χ3n) is 4.44. The first-order chi connectivity index (χ1) is 10.6. The number of halogens is 1. The van der Waals surface area contributed by atoms with Gasteiger partial charge in [-0.25, -0.2) is 9.13 Å². The maximum Gasteiger partial charge on any atom is 0.254 e. The fraction of sp³-hybridized carbons (Fsp3) is 0.389. The van der Waals surface area contributed by atoms with Gasteiger partial charge in [-0.05, 0) is 13.3 Å². The van der Waals surface area contributed by atoms with E-state index in [9.17, 15) is 9.59 Å². The number of benzene rings is 1. The number of ketones is 2. The summed E-state index contributed by atoms with van der Waals surface area (Å²) >= 11 is 0. The summed E-state index contributed by atoms with van der Waals surface area (Å²) in [5.41, 5.74) is 2.17. The lowest BCUT2D eigenvalue weighted by Crippen LogP contribution is -3.00. The maximum atomic E-state index is 12.9. The van der Waals surface area contributed by atoms with Gasteiger partial charge in [0.15, 0.2) is 0 Å². The molecule has 1 aromatic heterocycles. The molecule has 1 aromatic carbocycles. The molecule has 0 saturated carbocycles. The summed E-state index contributed by atoms with van der Waals surface area (Å²) in [6.07, 6.45) is 2.05. The van der Waals surface area contributed by atoms with Gasteiger partial charge in [-0.15, -0.1) is 0 Å². The van der Waals surface area contributed by atoms with E-state index in [2.05, 4.69) is 6.92 Å². The summed E-state index contributed by atoms with van der Waals surface area (Å²) in [5, 5.41) is 0. The summed E-state index contributed by atoms with van der Waals surface area (Å²) in [5.74, 6) is 0.914. The van der Waals surface area contributed by atoms with Gasteiger partial charge in [-0.2, -0.15) is 0 Å². The van der Waals surface area contributed by atoms with Gasteiger partial charge in [0.25, 0.3) is 5.82 Å². The Morgan fingerprint density at radius 2 is 1.65 bits per heavy atom. The van der Waals surface area contributed by atoms with Crippen molar-refractivity contribution in [2.45, 2.75) is 46.7 Å². The largest absolute Gasteiger partial charge is 1.00 e. The van der Waals surface area contributed by atoms with Crippen LogP contribution >= 0.6 is 0 Å². The molecular weight excluding hydrogens is 356 g/mol. The average Bonchev–Trinajstić information content (AvgIpc) is 2.83. The van der Waals surface area contributed by atoms with Gasteiger partial charge in [0.1, 0.15) is 0 Å². The molecule has 1 aliphatic rings. The van der Waals surface area contributed by atoms with Crippen molar-refractivity contribution in [3.63, 3.8) is 0 Å². The first kappa shape index (κ1) is 17.6. The summed E-state index contributed by atoms with van der Waals surface area (Å²) in [4.78, 5) is 25.8. The summed E-state index contributed by atoms with van der Waals surface area (Å²) in [6, 6.07) is 7.12. The van der Waals surface area contributed by atoms with E-state index in [0.717, 1.165) is 25.2 Å². The number of hydrogen-bond donors (Lipinski definition) is 0. The van der Waals surface area contributed by atoms with Gasteiger partial charge in [0.2, 0.25) is 23.0 Å². The zero-order valence-electron chi connectivity index (χ0n) is 13.7. The van der Waals surface area contributed by atoms with Gasteiger partial charge in [-0.1, -0.05) is 37.6 Å². The number of nitrogens with zero attached hydrogens (tertiary/aromatic N) is 2. The molecule has 4 nitrogen and oxygen atoms in total. The lowest BCUT2D eigenvalue weighted by atomic mass is 9.90. The first-order valence-electron chi connectivity index (χ1n) is 7.93. The lowest BCUT2D eigenvalue weighted by molar-refractivity contribution is -0.704. The highest BCUT2D eigenvalue weighted by Gasteiger charge is 2.42. The van der Waals surface area contributed by atoms with Crippen LogP contribution in [0.15, 0.2) is 24.3 Å². The molecule has 0 radical (unpaired) electrons. The van der Waals surface area contributed by atoms with E-state index in [1.807, 2.05) is 35.1 Å². The third kappa shape index (κ3) is 2.57. The zero-order valence-corrected chi connectivity index (χ0v) is 15.3. The Labute approximate surface area is 146 Å². The van der Waals surface area contributed by atoms with Crippen LogP contribution in [0.3, 0.4) is 0 Å². The highest BCUT2D eigenvalue weighted by Crippen LogP contribution is 2.27. The van der Waals surface area contributed by atoms with Crippen LogP contribution in [0.1, 0.15) is 64.6 Å². The van der Waals surface area contributed by atoms with Gasteiger partial charge in [0, 0.05) is 18.1 Å². The molecule has 1 heterocycles. The topological polar surface area (TPSA) is 43.0 Å². The monoisotopic (exact) mass is 376 g/mol. The Morgan fingerprint density at radius 1 is 1.04 bits per heavy atom. The summed E-state index contributed by atoms with van der Waals surface area (Å²) in [7, 11) is 0. The number of fused-ring (bicyclic) bond motifs is 2. The molecule has 1 aliphatic carbocycles. The number of carbonyl (C=O) groups is 2. The minimum atomic E-state index is -0.0367. The van der Waals surface area contributed by atoms with Crippen molar-refractivity contribution in [1.82, 2.24) is 4.57 Å². The highest BCUT2D eigenvalue weighted by molar-refractivity contribution is 6.26. The number of imidazole rings is 1. The fourth-order valence-electron chi connectivity index (χ4n) is 3.30. The van der Waals surface area contributed by atoms with E-state index in [1.165, 1.54) is 0 Å². The van der Waals surface area contributed by atoms with Gasteiger partial charge < -0.3 is 17.0 Å². The van der Waals surface area contributed by atoms with Crippen molar-refractivity contribution in [2.24, 2.45) is 0 Å². The molecule has 0 bridgehead atoms. The molecule has 5 heteroatoms. The van der Waals surface area contributed by atoms with Gasteiger partial charge in [0.05, 0.1) is 13.1 Å². The van der Waals surface area contributed by atoms with Crippen LogP contribution in [0, 0.1) is 6.92 Å². The van der Waals surface area contributed by atoms with E-state index >= 15 is 0 Å². The predicted molar refractivity (Wildman–Crippen MR) is 83.3 cm³/mol. The molecule has 0 amide bonds. The SMILES string of the molecule is CCCC[n+]1c2c(n(CC)c1C)C(=O)c1ccccc1C2=O.[Br-]. The Kier molecular flexibility index (Phi) is 5.19. The van der Waals surface area contributed by atoms with E-state index < -0.39 is 0 Å². The van der Waals surface area contributed by atoms with Crippen molar-refractivity contribution < 1.29 is 31.1 Å². The minimum absolute atomic E-state index is 0. The molecule has 122 valence electrons. The molecule has 23 heavy (non-hydrogen) atoms. The number of hydrogen-bond acceptors (Lipinski definition) is 2. The van der Waals surface area contributed by atoms with Gasteiger partial charge >= 0.3 is 0 Å². The van der Waals surface area contributed by atoms with Crippen molar-refractivity contribution >= 4 is 11.6 Å². The number of carbonyl (C=O) groups excluding carboxylic acids is 2. The van der Waals surface area contributed by atoms with E-state index in [1.54, 1.807) is 12.1 Å². The second kappa shape index (κ2) is 6.79. The Morgan fingerprint density at radius 3 is 2.22 bits per heavy atom. The van der Waals surface area contributed by atoms with Crippen LogP contribution in [0.4, 0.5) is 0 Å². The van der Waals surface area contributed by atoms with Crippen molar-refractivity contribution in [3.8, 4) is 0 Å². The molecule has 0 saturated heterocycles. The maximum absolute atomic E-state index is 12.9. The molecule has 2 aromatic rings. The minimum Gasteiger partial charge on any atom is -1.00 e. The van der Waals surface area contributed by atoms with E-state index in [-0.39, 0.29) is 28.5 Å². The standard InChI is InChI=1S/C18H21N2O2.BrH/c1-4-6-11-20-12(3)19(5-2)15-16(20)18(22)14-10-8-7-9-13(14)17(15)21;/h7-10H,4-6,11H2,1-3H3;1H/q+1;/p-1. The van der Waals surface area contributed by atoms with Gasteiger partial charge in [-0.3, -0.25) is 9.59 Å². The van der Waals surface area contributed by atoms with Crippen LogP contribution in [-0.4, -0.2) is 16.1 Å². The molecule has 3 rings (SSSR count). The molecule has 0 N–H and O–H groups in total.